The van der Waals surface area contributed by atoms with Crippen LogP contribution in [0.5, 0.6) is 5.75 Å². The molecule has 2 N–H and O–H groups in total. The normalized spacial score (nSPS) is 15.1. The Morgan fingerprint density at radius 1 is 1.14 bits per heavy atom. The first-order chi connectivity index (χ1) is 13.3. The summed E-state index contributed by atoms with van der Waals surface area (Å²) >= 11 is 0. The van der Waals surface area contributed by atoms with Crippen LogP contribution >= 0.6 is 0 Å². The zero-order chi connectivity index (χ0) is 20.3. The largest absolute Gasteiger partial charge is 0.495 e. The minimum atomic E-state index is -3.70. The molecule has 0 bridgehead atoms. The Bertz CT molecular complexity index is 941. The van der Waals surface area contributed by atoms with E-state index in [4.69, 9.17) is 4.74 Å². The molecule has 150 valence electrons. The first-order valence-electron chi connectivity index (χ1n) is 9.05. The quantitative estimate of drug-likeness (QED) is 0.707. The summed E-state index contributed by atoms with van der Waals surface area (Å²) in [5, 5.41) is 6.19. The molecule has 0 aromatic heterocycles. The summed E-state index contributed by atoms with van der Waals surface area (Å²) in [6.07, 6.45) is 1.97. The SMILES string of the molecule is COc1ccc(N[C@H](C(=O)NC2CC2)c2ccccc2)cc1S(=O)(=O)N(C)C. The maximum atomic E-state index is 12.8. The number of benzene rings is 2. The van der Waals surface area contributed by atoms with Gasteiger partial charge in [-0.15, -0.1) is 0 Å². The first-order valence-corrected chi connectivity index (χ1v) is 10.5. The van der Waals surface area contributed by atoms with E-state index >= 15 is 0 Å². The molecule has 0 saturated heterocycles. The first kappa shape index (κ1) is 20.2. The Hall–Kier alpha value is -2.58. The monoisotopic (exact) mass is 403 g/mol. The zero-order valence-corrected chi connectivity index (χ0v) is 17.0. The third-order valence-electron chi connectivity index (χ3n) is 4.55. The lowest BCUT2D eigenvalue weighted by Gasteiger charge is -2.21. The Labute approximate surface area is 165 Å². The highest BCUT2D eigenvalue weighted by atomic mass is 32.2. The number of ether oxygens (including phenoxy) is 1. The third kappa shape index (κ3) is 4.45. The predicted octanol–water partition coefficient (Wildman–Crippen LogP) is 2.38. The summed E-state index contributed by atoms with van der Waals surface area (Å²) < 4.78 is 31.6. The lowest BCUT2D eigenvalue weighted by atomic mass is 10.1. The van der Waals surface area contributed by atoms with Gasteiger partial charge in [0.25, 0.3) is 0 Å². The molecule has 2 aromatic rings. The Balaban J connectivity index is 1.95. The maximum absolute atomic E-state index is 12.8. The van der Waals surface area contributed by atoms with Gasteiger partial charge in [0.1, 0.15) is 16.7 Å². The molecule has 1 fully saturated rings. The van der Waals surface area contributed by atoms with Crippen molar-refractivity contribution in [3.8, 4) is 5.75 Å². The third-order valence-corrected chi connectivity index (χ3v) is 6.39. The van der Waals surface area contributed by atoms with Crippen LogP contribution in [0.25, 0.3) is 0 Å². The summed E-state index contributed by atoms with van der Waals surface area (Å²) in [6.45, 7) is 0. The van der Waals surface area contributed by atoms with Crippen LogP contribution in [0.3, 0.4) is 0 Å². The van der Waals surface area contributed by atoms with Crippen molar-refractivity contribution in [2.45, 2.75) is 29.8 Å². The van der Waals surface area contributed by atoms with Gasteiger partial charge < -0.3 is 15.4 Å². The Morgan fingerprint density at radius 3 is 2.39 bits per heavy atom. The number of amides is 1. The van der Waals surface area contributed by atoms with E-state index in [9.17, 15) is 13.2 Å². The topological polar surface area (TPSA) is 87.7 Å². The summed E-state index contributed by atoms with van der Waals surface area (Å²) in [4.78, 5) is 12.8. The fourth-order valence-corrected chi connectivity index (χ4v) is 3.86. The lowest BCUT2D eigenvalue weighted by molar-refractivity contribution is -0.122. The van der Waals surface area contributed by atoms with Gasteiger partial charge in [0.15, 0.2) is 0 Å². The molecule has 8 heteroatoms. The van der Waals surface area contributed by atoms with E-state index in [1.807, 2.05) is 30.3 Å². The van der Waals surface area contributed by atoms with Crippen molar-refractivity contribution in [1.82, 2.24) is 9.62 Å². The van der Waals surface area contributed by atoms with E-state index in [0.29, 0.717) is 5.69 Å². The van der Waals surface area contributed by atoms with Crippen molar-refractivity contribution < 1.29 is 17.9 Å². The lowest BCUT2D eigenvalue weighted by Crippen LogP contribution is -2.34. The molecule has 1 aliphatic rings. The van der Waals surface area contributed by atoms with Crippen molar-refractivity contribution in [3.63, 3.8) is 0 Å². The van der Waals surface area contributed by atoms with Crippen LogP contribution in [0.1, 0.15) is 24.4 Å². The second kappa shape index (κ2) is 8.20. The zero-order valence-electron chi connectivity index (χ0n) is 16.2. The molecule has 1 saturated carbocycles. The van der Waals surface area contributed by atoms with Crippen LogP contribution in [-0.2, 0) is 14.8 Å². The van der Waals surface area contributed by atoms with Gasteiger partial charge in [0, 0.05) is 25.8 Å². The molecule has 7 nitrogen and oxygen atoms in total. The van der Waals surface area contributed by atoms with Crippen molar-refractivity contribution >= 4 is 21.6 Å². The summed E-state index contributed by atoms with van der Waals surface area (Å²) in [6, 6.07) is 13.7. The van der Waals surface area contributed by atoms with Gasteiger partial charge in [-0.3, -0.25) is 4.79 Å². The van der Waals surface area contributed by atoms with E-state index in [1.165, 1.54) is 27.3 Å². The summed E-state index contributed by atoms with van der Waals surface area (Å²) in [5.41, 5.74) is 1.31. The molecule has 1 atom stereocenters. The molecule has 0 heterocycles. The van der Waals surface area contributed by atoms with Gasteiger partial charge in [-0.1, -0.05) is 30.3 Å². The summed E-state index contributed by atoms with van der Waals surface area (Å²) in [7, 11) is 0.646. The van der Waals surface area contributed by atoms with Crippen molar-refractivity contribution in [1.29, 1.82) is 0 Å². The molecule has 0 aliphatic heterocycles. The van der Waals surface area contributed by atoms with Crippen molar-refractivity contribution in [2.75, 3.05) is 26.5 Å². The van der Waals surface area contributed by atoms with Crippen LogP contribution in [0.2, 0.25) is 0 Å². The van der Waals surface area contributed by atoms with Gasteiger partial charge in [0.2, 0.25) is 15.9 Å². The number of anilines is 1. The molecule has 28 heavy (non-hydrogen) atoms. The van der Waals surface area contributed by atoms with E-state index in [1.54, 1.807) is 12.1 Å². The molecule has 0 radical (unpaired) electrons. The highest BCUT2D eigenvalue weighted by molar-refractivity contribution is 7.89. The van der Waals surface area contributed by atoms with Crippen molar-refractivity contribution in [2.24, 2.45) is 0 Å². The average molecular weight is 404 g/mol. The Kier molecular flexibility index (Phi) is 5.90. The second-order valence-electron chi connectivity index (χ2n) is 6.92. The fourth-order valence-electron chi connectivity index (χ4n) is 2.79. The van der Waals surface area contributed by atoms with Gasteiger partial charge in [-0.2, -0.15) is 0 Å². The van der Waals surface area contributed by atoms with E-state index in [2.05, 4.69) is 10.6 Å². The standard InChI is InChI=1S/C20H25N3O4S/c1-23(2)28(25,26)18-13-16(11-12-17(18)27-3)21-19(14-7-5-4-6-8-14)20(24)22-15-9-10-15/h4-8,11-13,15,19,21H,9-10H2,1-3H3,(H,22,24)/t19-/m0/s1. The molecular weight excluding hydrogens is 378 g/mol. The van der Waals surface area contributed by atoms with E-state index in [0.717, 1.165) is 22.7 Å². The number of rotatable bonds is 8. The summed E-state index contributed by atoms with van der Waals surface area (Å²) in [5.74, 6) is 0.111. The number of carbonyl (C=O) groups is 1. The van der Waals surface area contributed by atoms with Gasteiger partial charge in [-0.25, -0.2) is 12.7 Å². The van der Waals surface area contributed by atoms with Gasteiger partial charge in [0.05, 0.1) is 7.11 Å². The minimum absolute atomic E-state index is 0.0411. The highest BCUT2D eigenvalue weighted by Crippen LogP contribution is 2.31. The van der Waals surface area contributed by atoms with Crippen molar-refractivity contribution in [3.05, 3.63) is 54.1 Å². The predicted molar refractivity (Wildman–Crippen MR) is 108 cm³/mol. The van der Waals surface area contributed by atoms with Crippen LogP contribution in [-0.4, -0.2) is 45.9 Å². The molecule has 0 unspecified atom stereocenters. The molecule has 2 aromatic carbocycles. The second-order valence-corrected chi connectivity index (χ2v) is 9.04. The number of nitrogens with one attached hydrogen (secondary N) is 2. The minimum Gasteiger partial charge on any atom is -0.495 e. The van der Waals surface area contributed by atoms with Crippen LogP contribution in [0.15, 0.2) is 53.4 Å². The molecule has 0 spiro atoms. The Morgan fingerprint density at radius 2 is 1.82 bits per heavy atom. The number of nitrogens with zero attached hydrogens (tertiary/aromatic N) is 1. The molecule has 1 amide bonds. The van der Waals surface area contributed by atoms with Crippen LogP contribution < -0.4 is 15.4 Å². The average Bonchev–Trinajstić information content (AvgIpc) is 3.50. The number of hydrogen-bond donors (Lipinski definition) is 2. The van der Waals surface area contributed by atoms with Gasteiger partial charge in [-0.05, 0) is 36.6 Å². The van der Waals surface area contributed by atoms with Gasteiger partial charge >= 0.3 is 0 Å². The number of methoxy groups -OCH3 is 1. The van der Waals surface area contributed by atoms with Crippen LogP contribution in [0.4, 0.5) is 5.69 Å². The molecule has 1 aliphatic carbocycles. The highest BCUT2D eigenvalue weighted by Gasteiger charge is 2.29. The fraction of sp³-hybridized carbons (Fsp3) is 0.350. The number of carbonyl (C=O) groups excluding carboxylic acids is 1. The molecule has 3 rings (SSSR count). The van der Waals surface area contributed by atoms with Crippen LogP contribution in [0, 0.1) is 0 Å². The smallest absolute Gasteiger partial charge is 0.247 e. The maximum Gasteiger partial charge on any atom is 0.247 e. The number of hydrogen-bond acceptors (Lipinski definition) is 5. The van der Waals surface area contributed by atoms with E-state index < -0.39 is 16.1 Å². The number of sulfonamides is 1. The molecular formula is C20H25N3O4S. The van der Waals surface area contributed by atoms with E-state index in [-0.39, 0.29) is 22.6 Å².